The van der Waals surface area contributed by atoms with Gasteiger partial charge in [0.05, 0.1) is 16.7 Å². The lowest BCUT2D eigenvalue weighted by Gasteiger charge is -2.11. The van der Waals surface area contributed by atoms with Crippen molar-refractivity contribution in [2.75, 3.05) is 11.1 Å². The van der Waals surface area contributed by atoms with Crippen molar-refractivity contribution in [2.24, 2.45) is 0 Å². The van der Waals surface area contributed by atoms with Crippen LogP contribution in [0.25, 0.3) is 16.7 Å². The van der Waals surface area contributed by atoms with Crippen LogP contribution in [0, 0.1) is 0 Å². The largest absolute Gasteiger partial charge is 0.325 e. The lowest BCUT2D eigenvalue weighted by Crippen LogP contribution is -2.23. The van der Waals surface area contributed by atoms with Gasteiger partial charge in [0, 0.05) is 12.2 Å². The van der Waals surface area contributed by atoms with E-state index in [1.807, 2.05) is 52.9 Å². The number of hydrogen-bond acceptors (Lipinski definition) is 5. The molecule has 4 aromatic rings. The molecule has 0 bridgehead atoms. The normalized spacial score (nSPS) is 11.3. The molecular weight excluding hydrogens is 422 g/mol. The number of para-hydroxylation sites is 2. The van der Waals surface area contributed by atoms with E-state index in [0.717, 1.165) is 42.5 Å². The molecule has 0 unspecified atom stereocenters. The summed E-state index contributed by atoms with van der Waals surface area (Å²) in [6, 6.07) is 15.3. The predicted molar refractivity (Wildman–Crippen MR) is 129 cm³/mol. The third-order valence-electron chi connectivity index (χ3n) is 5.47. The Morgan fingerprint density at radius 1 is 1.03 bits per heavy atom. The molecule has 166 valence electrons. The van der Waals surface area contributed by atoms with Crippen LogP contribution in [0.4, 0.5) is 5.69 Å². The summed E-state index contributed by atoms with van der Waals surface area (Å²) >= 11 is 1.32. The Hall–Kier alpha value is -3.13. The number of thioether (sulfide) groups is 1. The molecule has 0 saturated carbocycles. The lowest BCUT2D eigenvalue weighted by atomic mass is 10.1. The Morgan fingerprint density at radius 3 is 2.62 bits per heavy atom. The monoisotopic (exact) mass is 449 g/mol. The number of amides is 1. The standard InChI is InChI=1S/C24H27N5O2S/c1-3-5-10-15-28-22(31)18-12-7-9-14-20(18)29-23(28)26-27-24(29)32-16-21(30)25-19-13-8-6-11-17(19)4-2/h6-9,11-14H,3-5,10,15-16H2,1-2H3,(H,25,30). The van der Waals surface area contributed by atoms with Crippen LogP contribution in [0.3, 0.4) is 0 Å². The fourth-order valence-electron chi connectivity index (χ4n) is 3.82. The summed E-state index contributed by atoms with van der Waals surface area (Å²) < 4.78 is 3.59. The minimum atomic E-state index is -0.103. The minimum absolute atomic E-state index is 0.0536. The molecule has 2 aromatic carbocycles. The van der Waals surface area contributed by atoms with Crippen LogP contribution in [-0.4, -0.2) is 30.8 Å². The minimum Gasteiger partial charge on any atom is -0.325 e. The van der Waals surface area contributed by atoms with Crippen molar-refractivity contribution in [1.29, 1.82) is 0 Å². The molecule has 0 atom stereocenters. The number of fused-ring (bicyclic) bond motifs is 3. The molecule has 1 N–H and O–H groups in total. The van der Waals surface area contributed by atoms with Crippen molar-refractivity contribution in [2.45, 2.75) is 51.2 Å². The summed E-state index contributed by atoms with van der Waals surface area (Å²) in [5.41, 5.74) is 2.63. The van der Waals surface area contributed by atoms with Crippen LogP contribution in [0.15, 0.2) is 58.5 Å². The van der Waals surface area contributed by atoms with E-state index in [4.69, 9.17) is 0 Å². The van der Waals surface area contributed by atoms with E-state index in [0.29, 0.717) is 22.9 Å². The number of aromatic nitrogens is 4. The van der Waals surface area contributed by atoms with E-state index in [2.05, 4.69) is 29.4 Å². The van der Waals surface area contributed by atoms with E-state index in [9.17, 15) is 9.59 Å². The number of unbranched alkanes of at least 4 members (excludes halogenated alkanes) is 2. The summed E-state index contributed by atoms with van der Waals surface area (Å²) in [6.45, 7) is 4.79. The molecule has 4 rings (SSSR count). The van der Waals surface area contributed by atoms with Crippen molar-refractivity contribution in [3.63, 3.8) is 0 Å². The highest BCUT2D eigenvalue weighted by Gasteiger charge is 2.17. The Kier molecular flexibility index (Phi) is 6.90. The summed E-state index contributed by atoms with van der Waals surface area (Å²) in [7, 11) is 0. The van der Waals surface area contributed by atoms with Crippen LogP contribution in [0.5, 0.6) is 0 Å². The van der Waals surface area contributed by atoms with Gasteiger partial charge in [-0.05, 0) is 36.6 Å². The first-order valence-electron chi connectivity index (χ1n) is 11.0. The molecule has 0 aliphatic heterocycles. The van der Waals surface area contributed by atoms with Crippen molar-refractivity contribution >= 4 is 40.0 Å². The first-order chi connectivity index (χ1) is 15.6. The number of anilines is 1. The molecule has 0 aliphatic carbocycles. The van der Waals surface area contributed by atoms with E-state index >= 15 is 0 Å². The Balaban J connectivity index is 1.63. The fourth-order valence-corrected chi connectivity index (χ4v) is 4.56. The molecule has 0 fully saturated rings. The fraction of sp³-hybridized carbons (Fsp3) is 0.333. The van der Waals surface area contributed by atoms with E-state index in [1.54, 1.807) is 4.57 Å². The molecule has 32 heavy (non-hydrogen) atoms. The van der Waals surface area contributed by atoms with Crippen LogP contribution >= 0.6 is 11.8 Å². The highest BCUT2D eigenvalue weighted by atomic mass is 32.2. The zero-order valence-corrected chi connectivity index (χ0v) is 19.2. The van der Waals surface area contributed by atoms with Crippen LogP contribution < -0.4 is 10.9 Å². The van der Waals surface area contributed by atoms with Crippen molar-refractivity contribution < 1.29 is 4.79 Å². The highest BCUT2D eigenvalue weighted by molar-refractivity contribution is 7.99. The third kappa shape index (κ3) is 4.41. The van der Waals surface area contributed by atoms with Crippen molar-refractivity contribution in [3.8, 4) is 0 Å². The van der Waals surface area contributed by atoms with Gasteiger partial charge in [0.25, 0.3) is 5.56 Å². The molecule has 8 heteroatoms. The zero-order chi connectivity index (χ0) is 22.5. The maximum absolute atomic E-state index is 13.1. The molecule has 2 aromatic heterocycles. The molecular formula is C24H27N5O2S. The van der Waals surface area contributed by atoms with Gasteiger partial charge in [-0.25, -0.2) is 0 Å². The van der Waals surface area contributed by atoms with Gasteiger partial charge < -0.3 is 5.32 Å². The predicted octanol–water partition coefficient (Wildman–Crippen LogP) is 4.53. The van der Waals surface area contributed by atoms with E-state index in [-0.39, 0.29) is 17.2 Å². The van der Waals surface area contributed by atoms with Crippen LogP contribution in [0.2, 0.25) is 0 Å². The van der Waals surface area contributed by atoms with Gasteiger partial charge in [-0.1, -0.05) is 68.8 Å². The number of benzene rings is 2. The lowest BCUT2D eigenvalue weighted by molar-refractivity contribution is -0.113. The third-order valence-corrected chi connectivity index (χ3v) is 6.40. The van der Waals surface area contributed by atoms with Crippen LogP contribution in [0.1, 0.15) is 38.7 Å². The maximum Gasteiger partial charge on any atom is 0.262 e. The molecule has 0 radical (unpaired) electrons. The molecule has 0 aliphatic rings. The smallest absolute Gasteiger partial charge is 0.262 e. The number of nitrogens with one attached hydrogen (secondary N) is 1. The topological polar surface area (TPSA) is 81.3 Å². The zero-order valence-electron chi connectivity index (χ0n) is 18.4. The average molecular weight is 450 g/mol. The second-order valence-electron chi connectivity index (χ2n) is 7.65. The second-order valence-corrected chi connectivity index (χ2v) is 8.59. The van der Waals surface area contributed by atoms with Gasteiger partial charge in [-0.3, -0.25) is 18.6 Å². The summed E-state index contributed by atoms with van der Waals surface area (Å²) in [4.78, 5) is 25.7. The molecule has 2 heterocycles. The summed E-state index contributed by atoms with van der Waals surface area (Å²) in [5.74, 6) is 0.611. The van der Waals surface area contributed by atoms with Gasteiger partial charge in [0.15, 0.2) is 5.16 Å². The first-order valence-corrected chi connectivity index (χ1v) is 12.0. The molecule has 0 spiro atoms. The first kappa shape index (κ1) is 22.1. The highest BCUT2D eigenvalue weighted by Crippen LogP contribution is 2.23. The Labute approximate surface area is 190 Å². The van der Waals surface area contributed by atoms with Gasteiger partial charge in [0.2, 0.25) is 11.7 Å². The van der Waals surface area contributed by atoms with Crippen LogP contribution in [-0.2, 0) is 17.8 Å². The van der Waals surface area contributed by atoms with Gasteiger partial charge >= 0.3 is 0 Å². The summed E-state index contributed by atoms with van der Waals surface area (Å²) in [5, 5.41) is 12.9. The van der Waals surface area contributed by atoms with Gasteiger partial charge in [0.1, 0.15) is 0 Å². The second kappa shape index (κ2) is 9.99. The molecule has 7 nitrogen and oxygen atoms in total. The maximum atomic E-state index is 13.1. The number of carbonyl (C=O) groups is 1. The Morgan fingerprint density at radius 2 is 1.81 bits per heavy atom. The number of carbonyl (C=O) groups excluding carboxylic acids is 1. The number of nitrogens with zero attached hydrogens (tertiary/aromatic N) is 4. The SMILES string of the molecule is CCCCCn1c(=O)c2ccccc2n2c(SCC(=O)Nc3ccccc3CC)nnc12. The Bertz CT molecular complexity index is 1310. The molecule has 0 saturated heterocycles. The van der Waals surface area contributed by atoms with Gasteiger partial charge in [-0.2, -0.15) is 0 Å². The summed E-state index contributed by atoms with van der Waals surface area (Å²) in [6.07, 6.45) is 3.86. The van der Waals surface area contributed by atoms with Crippen molar-refractivity contribution in [1.82, 2.24) is 19.2 Å². The van der Waals surface area contributed by atoms with Gasteiger partial charge in [-0.15, -0.1) is 10.2 Å². The number of aryl methyl sites for hydroxylation is 2. The average Bonchev–Trinajstić information content (AvgIpc) is 3.24. The number of rotatable bonds is 9. The molecule has 1 amide bonds. The van der Waals surface area contributed by atoms with E-state index in [1.165, 1.54) is 11.8 Å². The van der Waals surface area contributed by atoms with Crippen molar-refractivity contribution in [3.05, 3.63) is 64.4 Å². The number of hydrogen-bond donors (Lipinski definition) is 1. The quantitative estimate of drug-likeness (QED) is 0.300. The van der Waals surface area contributed by atoms with E-state index < -0.39 is 0 Å².